The molecule has 0 unspecified atom stereocenters. The van der Waals surface area contributed by atoms with Crippen LogP contribution in [0.3, 0.4) is 0 Å². The molecular weight excluding hydrogens is 311 g/mol. The predicted octanol–water partition coefficient (Wildman–Crippen LogP) is 1.98. The zero-order valence-electron chi connectivity index (χ0n) is 9.15. The van der Waals surface area contributed by atoms with Gasteiger partial charge in [0.05, 0.1) is 10.6 Å². The molecule has 17 heavy (non-hydrogen) atoms. The number of rotatable bonds is 4. The van der Waals surface area contributed by atoms with Crippen molar-refractivity contribution in [2.75, 3.05) is 19.3 Å². The van der Waals surface area contributed by atoms with Crippen LogP contribution in [0.25, 0.3) is 0 Å². The van der Waals surface area contributed by atoms with Gasteiger partial charge in [-0.25, -0.2) is 12.8 Å². The Morgan fingerprint density at radius 2 is 2.18 bits per heavy atom. The smallest absolute Gasteiger partial charge is 0.244 e. The van der Waals surface area contributed by atoms with Gasteiger partial charge in [0.15, 0.2) is 0 Å². The molecule has 0 saturated carbocycles. The molecule has 4 nitrogen and oxygen atoms in total. The lowest BCUT2D eigenvalue weighted by Crippen LogP contribution is -2.27. The van der Waals surface area contributed by atoms with Gasteiger partial charge in [0.2, 0.25) is 10.0 Å². The van der Waals surface area contributed by atoms with Crippen molar-refractivity contribution >= 4 is 31.6 Å². The molecule has 0 aliphatic heterocycles. The lowest BCUT2D eigenvalue weighted by Gasteiger charge is -2.16. The first-order chi connectivity index (χ1) is 7.80. The molecule has 0 saturated heterocycles. The number of likely N-dealkylation sites (N-methyl/N-ethyl adjacent to an activating group) is 1. The summed E-state index contributed by atoms with van der Waals surface area (Å²) in [5.41, 5.74) is 5.15. The van der Waals surface area contributed by atoms with Crippen molar-refractivity contribution in [2.24, 2.45) is 0 Å². The molecule has 0 spiro atoms. The van der Waals surface area contributed by atoms with Crippen molar-refractivity contribution in [1.82, 2.24) is 4.31 Å². The Balaban J connectivity index is 3.34. The average molecular weight is 323 g/mol. The first-order valence-electron chi connectivity index (χ1n) is 4.62. The maximum Gasteiger partial charge on any atom is 0.244 e. The van der Waals surface area contributed by atoms with Crippen LogP contribution in [0.5, 0.6) is 0 Å². The molecule has 0 fully saturated rings. The molecule has 1 rings (SSSR count). The Kier molecular flexibility index (Phi) is 4.29. The summed E-state index contributed by atoms with van der Waals surface area (Å²) < 4.78 is 38.5. The van der Waals surface area contributed by atoms with E-state index < -0.39 is 15.8 Å². The lowest BCUT2D eigenvalue weighted by atomic mass is 10.3. The van der Waals surface area contributed by atoms with Gasteiger partial charge in [0.1, 0.15) is 5.82 Å². The van der Waals surface area contributed by atoms with Crippen LogP contribution in [-0.4, -0.2) is 26.3 Å². The first-order valence-corrected chi connectivity index (χ1v) is 6.85. The summed E-state index contributed by atoms with van der Waals surface area (Å²) in [6, 6.07) is 2.12. The van der Waals surface area contributed by atoms with Gasteiger partial charge in [-0.05, 0) is 28.1 Å². The molecule has 2 N–H and O–H groups in total. The Bertz CT molecular complexity index is 545. The lowest BCUT2D eigenvalue weighted by molar-refractivity contribution is 0.498. The number of sulfonamides is 1. The fourth-order valence-corrected chi connectivity index (χ4v) is 3.34. The topological polar surface area (TPSA) is 63.4 Å². The second-order valence-electron chi connectivity index (χ2n) is 3.38. The normalized spacial score (nSPS) is 11.8. The van der Waals surface area contributed by atoms with Crippen LogP contribution in [0.1, 0.15) is 0 Å². The maximum absolute atomic E-state index is 13.1. The number of hydrogen-bond donors (Lipinski definition) is 1. The standard InChI is InChI=1S/C10H12BrFN2O2S/c1-3-4-14(2)17(15,16)10-6-9(13)8(12)5-7(10)11/h3,5-6H,1,4,13H2,2H3. The van der Waals surface area contributed by atoms with E-state index >= 15 is 0 Å². The molecule has 1 aromatic carbocycles. The molecule has 0 heterocycles. The van der Waals surface area contributed by atoms with Crippen molar-refractivity contribution < 1.29 is 12.8 Å². The zero-order chi connectivity index (χ0) is 13.2. The van der Waals surface area contributed by atoms with E-state index in [1.807, 2.05) is 0 Å². The van der Waals surface area contributed by atoms with Gasteiger partial charge in [0, 0.05) is 18.1 Å². The summed E-state index contributed by atoms with van der Waals surface area (Å²) in [5, 5.41) is 0. The number of benzene rings is 1. The van der Waals surface area contributed by atoms with E-state index in [1.54, 1.807) is 0 Å². The van der Waals surface area contributed by atoms with Crippen LogP contribution in [0, 0.1) is 5.82 Å². The Morgan fingerprint density at radius 1 is 1.59 bits per heavy atom. The quantitative estimate of drug-likeness (QED) is 0.681. The van der Waals surface area contributed by atoms with Crippen molar-refractivity contribution in [3.8, 4) is 0 Å². The molecule has 0 aliphatic rings. The van der Waals surface area contributed by atoms with Crippen LogP contribution >= 0.6 is 15.9 Å². The summed E-state index contributed by atoms with van der Waals surface area (Å²) >= 11 is 3.01. The largest absolute Gasteiger partial charge is 0.396 e. The third-order valence-electron chi connectivity index (χ3n) is 2.13. The fraction of sp³-hybridized carbons (Fsp3) is 0.200. The molecule has 7 heteroatoms. The van der Waals surface area contributed by atoms with Gasteiger partial charge in [-0.2, -0.15) is 4.31 Å². The van der Waals surface area contributed by atoms with Crippen molar-refractivity contribution in [3.05, 3.63) is 35.1 Å². The van der Waals surface area contributed by atoms with Crippen molar-refractivity contribution in [1.29, 1.82) is 0 Å². The van der Waals surface area contributed by atoms with Gasteiger partial charge in [-0.1, -0.05) is 6.08 Å². The molecule has 0 atom stereocenters. The number of nitrogens with two attached hydrogens (primary N) is 1. The van der Waals surface area contributed by atoms with Gasteiger partial charge in [-0.3, -0.25) is 0 Å². The third-order valence-corrected chi connectivity index (χ3v) is 4.91. The van der Waals surface area contributed by atoms with E-state index in [2.05, 4.69) is 22.5 Å². The molecule has 1 aromatic rings. The maximum atomic E-state index is 13.1. The van der Waals surface area contributed by atoms with Crippen LogP contribution in [0.2, 0.25) is 0 Å². The van der Waals surface area contributed by atoms with Crippen molar-refractivity contribution in [2.45, 2.75) is 4.90 Å². The van der Waals surface area contributed by atoms with Crippen LogP contribution in [0.4, 0.5) is 10.1 Å². The number of hydrogen-bond acceptors (Lipinski definition) is 3. The Morgan fingerprint density at radius 3 is 2.71 bits per heavy atom. The summed E-state index contributed by atoms with van der Waals surface area (Å²) in [6.45, 7) is 3.62. The number of anilines is 1. The average Bonchev–Trinajstić information content (AvgIpc) is 2.23. The van der Waals surface area contributed by atoms with E-state index in [1.165, 1.54) is 13.1 Å². The number of nitrogens with zero attached hydrogens (tertiary/aromatic N) is 1. The molecule has 0 radical (unpaired) electrons. The number of halogens is 2. The monoisotopic (exact) mass is 322 g/mol. The second kappa shape index (κ2) is 5.16. The highest BCUT2D eigenvalue weighted by molar-refractivity contribution is 9.10. The van der Waals surface area contributed by atoms with E-state index in [-0.39, 0.29) is 21.6 Å². The van der Waals surface area contributed by atoms with Gasteiger partial charge in [0.25, 0.3) is 0 Å². The Hall–Kier alpha value is -0.920. The highest BCUT2D eigenvalue weighted by Gasteiger charge is 2.23. The highest BCUT2D eigenvalue weighted by Crippen LogP contribution is 2.28. The zero-order valence-corrected chi connectivity index (χ0v) is 11.6. The van der Waals surface area contributed by atoms with Gasteiger partial charge >= 0.3 is 0 Å². The molecule has 0 aliphatic carbocycles. The minimum Gasteiger partial charge on any atom is -0.396 e. The third kappa shape index (κ3) is 2.85. The summed E-state index contributed by atoms with van der Waals surface area (Å²) in [4.78, 5) is -0.0687. The fourth-order valence-electron chi connectivity index (χ4n) is 1.19. The van der Waals surface area contributed by atoms with E-state index in [4.69, 9.17) is 5.73 Å². The molecule has 94 valence electrons. The van der Waals surface area contributed by atoms with Gasteiger partial charge < -0.3 is 5.73 Å². The summed E-state index contributed by atoms with van der Waals surface area (Å²) in [7, 11) is -2.30. The van der Waals surface area contributed by atoms with Crippen LogP contribution < -0.4 is 5.73 Å². The second-order valence-corrected chi connectivity index (χ2v) is 6.25. The first kappa shape index (κ1) is 14.1. The van der Waals surface area contributed by atoms with Crippen LogP contribution in [0.15, 0.2) is 34.2 Å². The predicted molar refractivity (Wildman–Crippen MR) is 68.5 cm³/mol. The summed E-state index contributed by atoms with van der Waals surface area (Å²) in [6.07, 6.45) is 1.46. The minimum atomic E-state index is -3.70. The summed E-state index contributed by atoms with van der Waals surface area (Å²) in [5.74, 6) is -0.665. The van der Waals surface area contributed by atoms with E-state index in [9.17, 15) is 12.8 Å². The van der Waals surface area contributed by atoms with Gasteiger partial charge in [-0.15, -0.1) is 6.58 Å². The van der Waals surface area contributed by atoms with E-state index in [0.717, 1.165) is 16.4 Å². The molecule has 0 aromatic heterocycles. The highest BCUT2D eigenvalue weighted by atomic mass is 79.9. The Labute approximate surface area is 108 Å². The van der Waals surface area contributed by atoms with Crippen molar-refractivity contribution in [3.63, 3.8) is 0 Å². The van der Waals surface area contributed by atoms with Crippen LogP contribution in [-0.2, 0) is 10.0 Å². The number of nitrogen functional groups attached to an aromatic ring is 1. The molecular formula is C10H12BrFN2O2S. The van der Waals surface area contributed by atoms with E-state index in [0.29, 0.717) is 0 Å². The SMILES string of the molecule is C=CCN(C)S(=O)(=O)c1cc(N)c(F)cc1Br. The minimum absolute atomic E-state index is 0.0687. The molecule has 0 amide bonds. The molecule has 0 bridgehead atoms.